The van der Waals surface area contributed by atoms with Crippen molar-refractivity contribution in [3.05, 3.63) is 47.3 Å². The number of benzene rings is 1. The van der Waals surface area contributed by atoms with E-state index in [2.05, 4.69) is 52.0 Å². The Morgan fingerprint density at radius 2 is 2.00 bits per heavy atom. The molecule has 0 aliphatic heterocycles. The third-order valence-corrected chi connectivity index (χ3v) is 4.80. The molecule has 2 aromatic rings. The lowest BCUT2D eigenvalue weighted by atomic mass is 10.00. The molecule has 2 rings (SSSR count). The molecule has 0 aliphatic rings. The van der Waals surface area contributed by atoms with Crippen LogP contribution in [0.4, 0.5) is 0 Å². The maximum absolute atomic E-state index is 5.24. The van der Waals surface area contributed by atoms with Crippen LogP contribution in [0.15, 0.2) is 44.7 Å². The first kappa shape index (κ1) is 18.4. The summed E-state index contributed by atoms with van der Waals surface area (Å²) in [4.78, 5) is 5.56. The van der Waals surface area contributed by atoms with Crippen molar-refractivity contribution in [2.75, 3.05) is 25.9 Å². The summed E-state index contributed by atoms with van der Waals surface area (Å²) >= 11 is 1.83. The maximum atomic E-state index is 5.24. The van der Waals surface area contributed by atoms with Crippen LogP contribution in [-0.2, 0) is 0 Å². The first-order valence-electron chi connectivity index (χ1n) is 8.17. The predicted octanol–water partition coefficient (Wildman–Crippen LogP) is 3.35. The highest BCUT2D eigenvalue weighted by Gasteiger charge is 2.16. The van der Waals surface area contributed by atoms with Crippen LogP contribution >= 0.6 is 11.8 Å². The van der Waals surface area contributed by atoms with E-state index >= 15 is 0 Å². The summed E-state index contributed by atoms with van der Waals surface area (Å²) in [6.45, 7) is 7.75. The van der Waals surface area contributed by atoms with Crippen LogP contribution in [0.5, 0.6) is 0 Å². The number of nitrogens with zero attached hydrogens (tertiary/aromatic N) is 2. The average Bonchev–Trinajstić information content (AvgIpc) is 2.93. The molecule has 0 saturated heterocycles. The van der Waals surface area contributed by atoms with Gasteiger partial charge in [-0.2, -0.15) is 0 Å². The summed E-state index contributed by atoms with van der Waals surface area (Å²) in [6.07, 6.45) is 0. The van der Waals surface area contributed by atoms with Crippen LogP contribution in [0.3, 0.4) is 0 Å². The third-order valence-electron chi connectivity index (χ3n) is 3.79. The maximum Gasteiger partial charge on any atom is 0.191 e. The van der Waals surface area contributed by atoms with Crippen LogP contribution in [0.25, 0.3) is 0 Å². The molecule has 0 spiro atoms. The van der Waals surface area contributed by atoms with E-state index in [1.54, 1.807) is 7.05 Å². The summed E-state index contributed by atoms with van der Waals surface area (Å²) < 4.78 is 5.24. The van der Waals surface area contributed by atoms with E-state index in [4.69, 9.17) is 4.52 Å². The molecule has 0 radical (unpaired) electrons. The van der Waals surface area contributed by atoms with Gasteiger partial charge in [-0.15, -0.1) is 11.8 Å². The minimum absolute atomic E-state index is 0.313. The van der Waals surface area contributed by atoms with Crippen LogP contribution < -0.4 is 10.6 Å². The van der Waals surface area contributed by atoms with Crippen molar-refractivity contribution < 1.29 is 4.52 Å². The van der Waals surface area contributed by atoms with E-state index in [9.17, 15) is 0 Å². The number of aliphatic imine (C=N–C) groups is 1. The second-order valence-electron chi connectivity index (χ2n) is 5.68. The molecule has 1 atom stereocenters. The second-order valence-corrected chi connectivity index (χ2v) is 6.85. The van der Waals surface area contributed by atoms with Gasteiger partial charge in [0.15, 0.2) is 5.96 Å². The van der Waals surface area contributed by atoms with Crippen LogP contribution in [-0.4, -0.2) is 37.0 Å². The van der Waals surface area contributed by atoms with Gasteiger partial charge < -0.3 is 15.2 Å². The van der Waals surface area contributed by atoms with Gasteiger partial charge in [-0.05, 0) is 26.0 Å². The van der Waals surface area contributed by atoms with E-state index in [1.807, 2.05) is 31.7 Å². The Labute approximate surface area is 148 Å². The van der Waals surface area contributed by atoms with Crippen LogP contribution in [0.2, 0.25) is 0 Å². The Balaban J connectivity index is 1.72. The summed E-state index contributed by atoms with van der Waals surface area (Å²) in [6, 6.07) is 10.4. The Kier molecular flexibility index (Phi) is 7.18. The molecule has 0 bridgehead atoms. The Bertz CT molecular complexity index is 635. The normalized spacial score (nSPS) is 12.9. The molecule has 1 aromatic heterocycles. The lowest BCUT2D eigenvalue weighted by Gasteiger charge is -2.16. The molecule has 5 nitrogen and oxygen atoms in total. The van der Waals surface area contributed by atoms with Crippen molar-refractivity contribution in [2.45, 2.75) is 31.6 Å². The molecule has 0 aliphatic carbocycles. The summed E-state index contributed by atoms with van der Waals surface area (Å²) in [5.41, 5.74) is 2.14. The molecular formula is C18H26N4OS. The number of hydrogen-bond acceptors (Lipinski definition) is 4. The van der Waals surface area contributed by atoms with E-state index in [0.29, 0.717) is 5.92 Å². The number of hydrogen-bond donors (Lipinski definition) is 2. The van der Waals surface area contributed by atoms with E-state index < -0.39 is 0 Å². The Hall–Kier alpha value is -1.95. The van der Waals surface area contributed by atoms with E-state index in [-0.39, 0.29) is 0 Å². The lowest BCUT2D eigenvalue weighted by Crippen LogP contribution is -2.40. The number of thioether (sulfide) groups is 1. The monoisotopic (exact) mass is 346 g/mol. The van der Waals surface area contributed by atoms with Crippen LogP contribution in [0, 0.1) is 13.8 Å². The minimum atomic E-state index is 0.313. The summed E-state index contributed by atoms with van der Waals surface area (Å²) in [5.74, 6) is 3.02. The van der Waals surface area contributed by atoms with Crippen molar-refractivity contribution in [2.24, 2.45) is 4.99 Å². The second kappa shape index (κ2) is 9.37. The average molecular weight is 347 g/mol. The molecule has 6 heteroatoms. The highest BCUT2D eigenvalue weighted by Crippen LogP contribution is 2.22. The number of aryl methyl sites for hydroxylation is 2. The fourth-order valence-corrected chi connectivity index (χ4v) is 3.41. The standard InChI is InChI=1S/C18H26N4OS/c1-13(17-14(2)22-23-15(17)3)12-21-18(19-4)20-10-11-24-16-8-6-5-7-9-16/h5-9,13H,10-12H2,1-4H3,(H2,19,20,21). The Morgan fingerprint density at radius 3 is 2.62 bits per heavy atom. The molecule has 0 fully saturated rings. The first-order chi connectivity index (χ1) is 11.6. The van der Waals surface area contributed by atoms with E-state index in [1.165, 1.54) is 10.5 Å². The van der Waals surface area contributed by atoms with Gasteiger partial charge in [0.1, 0.15) is 5.76 Å². The smallest absolute Gasteiger partial charge is 0.191 e. The number of nitrogens with one attached hydrogen (secondary N) is 2. The SMILES string of the molecule is CN=C(NCCSc1ccccc1)NCC(C)c1c(C)noc1C. The molecule has 1 heterocycles. The quantitative estimate of drug-likeness (QED) is 0.348. The zero-order chi connectivity index (χ0) is 17.4. The van der Waals surface area contributed by atoms with Gasteiger partial charge in [0.25, 0.3) is 0 Å². The minimum Gasteiger partial charge on any atom is -0.361 e. The predicted molar refractivity (Wildman–Crippen MR) is 101 cm³/mol. The summed E-state index contributed by atoms with van der Waals surface area (Å²) in [5, 5.41) is 10.7. The molecule has 0 amide bonds. The van der Waals surface area contributed by atoms with Crippen molar-refractivity contribution in [3.8, 4) is 0 Å². The number of aromatic nitrogens is 1. The summed E-state index contributed by atoms with van der Waals surface area (Å²) in [7, 11) is 1.79. The highest BCUT2D eigenvalue weighted by atomic mass is 32.2. The largest absolute Gasteiger partial charge is 0.361 e. The van der Waals surface area contributed by atoms with Gasteiger partial charge in [0.05, 0.1) is 5.69 Å². The molecule has 1 aromatic carbocycles. The zero-order valence-electron chi connectivity index (χ0n) is 14.8. The van der Waals surface area contributed by atoms with Gasteiger partial charge in [-0.25, -0.2) is 0 Å². The fourth-order valence-electron chi connectivity index (χ4n) is 2.62. The molecular weight excluding hydrogens is 320 g/mol. The molecule has 24 heavy (non-hydrogen) atoms. The van der Waals surface area contributed by atoms with Crippen molar-refractivity contribution in [1.29, 1.82) is 0 Å². The highest BCUT2D eigenvalue weighted by molar-refractivity contribution is 7.99. The van der Waals surface area contributed by atoms with Gasteiger partial charge in [-0.1, -0.05) is 30.3 Å². The lowest BCUT2D eigenvalue weighted by molar-refractivity contribution is 0.391. The van der Waals surface area contributed by atoms with Crippen molar-refractivity contribution >= 4 is 17.7 Å². The number of guanidine groups is 1. The van der Waals surface area contributed by atoms with Gasteiger partial charge >= 0.3 is 0 Å². The Morgan fingerprint density at radius 1 is 1.25 bits per heavy atom. The van der Waals surface area contributed by atoms with Crippen LogP contribution in [0.1, 0.15) is 29.9 Å². The van der Waals surface area contributed by atoms with E-state index in [0.717, 1.165) is 36.3 Å². The molecule has 1 unspecified atom stereocenters. The van der Waals surface area contributed by atoms with Crippen molar-refractivity contribution in [1.82, 2.24) is 15.8 Å². The van der Waals surface area contributed by atoms with Gasteiger partial charge in [0, 0.05) is 42.3 Å². The number of rotatable bonds is 7. The topological polar surface area (TPSA) is 62.5 Å². The van der Waals surface area contributed by atoms with Gasteiger partial charge in [0.2, 0.25) is 0 Å². The fraction of sp³-hybridized carbons (Fsp3) is 0.444. The van der Waals surface area contributed by atoms with Crippen molar-refractivity contribution in [3.63, 3.8) is 0 Å². The third kappa shape index (κ3) is 5.30. The molecule has 2 N–H and O–H groups in total. The molecule has 130 valence electrons. The first-order valence-corrected chi connectivity index (χ1v) is 9.15. The zero-order valence-corrected chi connectivity index (χ0v) is 15.6. The van der Waals surface area contributed by atoms with Gasteiger partial charge in [-0.3, -0.25) is 4.99 Å². The molecule has 0 saturated carbocycles.